The van der Waals surface area contributed by atoms with Crippen LogP contribution in [-0.4, -0.2) is 56.1 Å². The molecule has 1 N–H and O–H groups in total. The Hall–Kier alpha value is 0.650. The lowest BCUT2D eigenvalue weighted by Gasteiger charge is -2.17. The maximum Gasteiger partial charge on any atom is 0.331 e. The van der Waals surface area contributed by atoms with Gasteiger partial charge in [-0.3, -0.25) is 4.57 Å². The van der Waals surface area contributed by atoms with Crippen LogP contribution in [0.4, 0.5) is 0 Å². The number of rotatable bonds is 13. The number of hydrogen-bond donors (Lipinski definition) is 1. The molecule has 110 valence electrons. The quantitative estimate of drug-likeness (QED) is 0.320. The molecule has 1 atom stereocenters. The highest BCUT2D eigenvalue weighted by Gasteiger charge is 2.23. The number of aliphatic hydroxyl groups excluding tert-OH is 1. The van der Waals surface area contributed by atoms with E-state index in [1.165, 1.54) is 0 Å². The molecular weight excluding hydrogens is 302 g/mol. The van der Waals surface area contributed by atoms with Crippen molar-refractivity contribution in [2.75, 3.05) is 51.0 Å². The van der Waals surface area contributed by atoms with Crippen molar-refractivity contribution >= 4 is 30.8 Å². The molecule has 5 nitrogen and oxygen atoms in total. The molecule has 0 saturated heterocycles. The normalized spacial score (nSPS) is 14.6. The van der Waals surface area contributed by atoms with Gasteiger partial charge in [0, 0.05) is 31.6 Å². The highest BCUT2D eigenvalue weighted by atomic mass is 35.5. The van der Waals surface area contributed by atoms with Crippen molar-refractivity contribution in [2.24, 2.45) is 0 Å². The van der Waals surface area contributed by atoms with Crippen LogP contribution in [0.15, 0.2) is 0 Å². The van der Waals surface area contributed by atoms with Crippen molar-refractivity contribution in [3.63, 3.8) is 0 Å². The van der Waals surface area contributed by atoms with E-state index >= 15 is 0 Å². The van der Waals surface area contributed by atoms with Crippen LogP contribution in [0.3, 0.4) is 0 Å². The second kappa shape index (κ2) is 12.7. The van der Waals surface area contributed by atoms with E-state index in [9.17, 15) is 4.57 Å². The van der Waals surface area contributed by atoms with Gasteiger partial charge in [0.05, 0.1) is 19.4 Å². The standard InChI is InChI=1S/C10H21Cl2O5P/c11-3-9-17-18(14,10-4-12)16-8-2-7-15-6-1-5-13/h13H,1-10H2. The first-order valence-electron chi connectivity index (χ1n) is 5.87. The zero-order valence-electron chi connectivity index (χ0n) is 10.4. The Labute approximate surface area is 118 Å². The SMILES string of the molecule is O=P(CCCl)(OCCCl)OCCCOCCCO. The van der Waals surface area contributed by atoms with Crippen molar-refractivity contribution in [1.82, 2.24) is 0 Å². The monoisotopic (exact) mass is 322 g/mol. The van der Waals surface area contributed by atoms with Crippen LogP contribution in [0.5, 0.6) is 0 Å². The van der Waals surface area contributed by atoms with Gasteiger partial charge in [0.2, 0.25) is 0 Å². The lowest BCUT2D eigenvalue weighted by Crippen LogP contribution is -2.07. The molecule has 0 amide bonds. The maximum absolute atomic E-state index is 12.0. The first-order valence-corrected chi connectivity index (χ1v) is 8.67. The van der Waals surface area contributed by atoms with Gasteiger partial charge in [0.1, 0.15) is 0 Å². The Morgan fingerprint density at radius 3 is 2.22 bits per heavy atom. The van der Waals surface area contributed by atoms with E-state index in [2.05, 4.69) is 0 Å². The van der Waals surface area contributed by atoms with E-state index in [0.717, 1.165) is 0 Å². The topological polar surface area (TPSA) is 65.0 Å². The number of alkyl halides is 2. The Bertz CT molecular complexity index is 230. The number of halogens is 2. The summed E-state index contributed by atoms with van der Waals surface area (Å²) >= 11 is 11.0. The molecule has 0 aromatic heterocycles. The van der Waals surface area contributed by atoms with Gasteiger partial charge < -0.3 is 18.9 Å². The minimum Gasteiger partial charge on any atom is -0.396 e. The summed E-state index contributed by atoms with van der Waals surface area (Å²) in [5, 5.41) is 8.54. The molecule has 1 unspecified atom stereocenters. The summed E-state index contributed by atoms with van der Waals surface area (Å²) in [5.41, 5.74) is 0. The fourth-order valence-electron chi connectivity index (χ4n) is 1.08. The molecular formula is C10H21Cl2O5P. The molecule has 0 aliphatic heterocycles. The van der Waals surface area contributed by atoms with E-state index in [0.29, 0.717) is 26.1 Å². The second-order valence-corrected chi connectivity index (χ2v) is 6.36. The summed E-state index contributed by atoms with van der Waals surface area (Å²) in [5.74, 6) is 0.479. The maximum atomic E-state index is 12.0. The van der Waals surface area contributed by atoms with Gasteiger partial charge in [-0.15, -0.1) is 23.2 Å². The summed E-state index contributed by atoms with van der Waals surface area (Å²) in [6.45, 7) is 1.60. The van der Waals surface area contributed by atoms with E-state index in [1.807, 2.05) is 0 Å². The molecule has 0 bridgehead atoms. The smallest absolute Gasteiger partial charge is 0.331 e. The van der Waals surface area contributed by atoms with Gasteiger partial charge in [-0.25, -0.2) is 0 Å². The summed E-state index contributed by atoms with van der Waals surface area (Å²) in [7, 11) is -3.11. The lowest BCUT2D eigenvalue weighted by molar-refractivity contribution is 0.101. The van der Waals surface area contributed by atoms with Crippen molar-refractivity contribution in [3.05, 3.63) is 0 Å². The largest absolute Gasteiger partial charge is 0.396 e. The summed E-state index contributed by atoms with van der Waals surface area (Å²) < 4.78 is 27.6. The Morgan fingerprint density at radius 1 is 0.944 bits per heavy atom. The molecule has 0 radical (unpaired) electrons. The van der Waals surface area contributed by atoms with Crippen LogP contribution >= 0.6 is 30.8 Å². The molecule has 0 aliphatic carbocycles. The Kier molecular flexibility index (Phi) is 13.1. The third-order valence-electron chi connectivity index (χ3n) is 1.89. The molecule has 0 aliphatic rings. The molecule has 0 heterocycles. The van der Waals surface area contributed by atoms with E-state index < -0.39 is 7.60 Å². The third kappa shape index (κ3) is 10.6. The molecule has 0 saturated carbocycles. The molecule has 8 heteroatoms. The third-order valence-corrected chi connectivity index (χ3v) is 4.42. The van der Waals surface area contributed by atoms with Crippen LogP contribution in [0.25, 0.3) is 0 Å². The minimum absolute atomic E-state index is 0.119. The van der Waals surface area contributed by atoms with Crippen LogP contribution in [0.1, 0.15) is 12.8 Å². The highest BCUT2D eigenvalue weighted by Crippen LogP contribution is 2.48. The summed E-state index contributed by atoms with van der Waals surface area (Å²) in [6, 6.07) is 0. The van der Waals surface area contributed by atoms with E-state index in [4.69, 9.17) is 42.1 Å². The summed E-state index contributed by atoms with van der Waals surface area (Å²) in [4.78, 5) is 0. The molecule has 0 aromatic carbocycles. The Morgan fingerprint density at radius 2 is 1.61 bits per heavy atom. The zero-order chi connectivity index (χ0) is 13.7. The molecule has 18 heavy (non-hydrogen) atoms. The molecule has 0 rings (SSSR count). The van der Waals surface area contributed by atoms with Gasteiger partial charge in [-0.1, -0.05) is 0 Å². The van der Waals surface area contributed by atoms with Crippen molar-refractivity contribution in [2.45, 2.75) is 12.8 Å². The number of aliphatic hydroxyl groups is 1. The average Bonchev–Trinajstić information content (AvgIpc) is 2.36. The van der Waals surface area contributed by atoms with Crippen molar-refractivity contribution in [1.29, 1.82) is 0 Å². The van der Waals surface area contributed by atoms with Gasteiger partial charge in [-0.2, -0.15) is 0 Å². The average molecular weight is 323 g/mol. The molecule has 0 fully saturated rings. The van der Waals surface area contributed by atoms with Crippen LogP contribution in [0, 0.1) is 0 Å². The zero-order valence-corrected chi connectivity index (χ0v) is 12.8. The number of ether oxygens (including phenoxy) is 1. The fourth-order valence-corrected chi connectivity index (χ4v) is 3.20. The van der Waals surface area contributed by atoms with Crippen LogP contribution in [-0.2, 0) is 18.3 Å². The molecule has 0 aromatic rings. The molecule has 0 spiro atoms. The van der Waals surface area contributed by atoms with Crippen LogP contribution in [0.2, 0.25) is 0 Å². The number of hydrogen-bond acceptors (Lipinski definition) is 5. The Balaban J connectivity index is 3.66. The van der Waals surface area contributed by atoms with Crippen LogP contribution < -0.4 is 0 Å². The predicted molar refractivity (Wildman–Crippen MR) is 73.0 cm³/mol. The van der Waals surface area contributed by atoms with Gasteiger partial charge in [0.25, 0.3) is 0 Å². The van der Waals surface area contributed by atoms with Gasteiger partial charge in [-0.05, 0) is 12.8 Å². The highest BCUT2D eigenvalue weighted by molar-refractivity contribution is 7.53. The second-order valence-electron chi connectivity index (χ2n) is 3.42. The van der Waals surface area contributed by atoms with Gasteiger partial charge >= 0.3 is 7.60 Å². The first-order chi connectivity index (χ1) is 8.68. The van der Waals surface area contributed by atoms with Crippen molar-refractivity contribution < 1.29 is 23.5 Å². The van der Waals surface area contributed by atoms with Crippen molar-refractivity contribution in [3.8, 4) is 0 Å². The van der Waals surface area contributed by atoms with E-state index in [-0.39, 0.29) is 37.7 Å². The first kappa shape index (κ1) is 18.7. The predicted octanol–water partition coefficient (Wildman–Crippen LogP) is 2.48. The summed E-state index contributed by atoms with van der Waals surface area (Å²) in [6.07, 6.45) is 1.41. The van der Waals surface area contributed by atoms with Gasteiger partial charge in [0.15, 0.2) is 0 Å². The van der Waals surface area contributed by atoms with E-state index in [1.54, 1.807) is 0 Å². The fraction of sp³-hybridized carbons (Fsp3) is 1.00. The lowest BCUT2D eigenvalue weighted by atomic mass is 10.5. The minimum atomic E-state index is -3.11.